The highest BCUT2D eigenvalue weighted by atomic mass is 16.5. The molecule has 0 atom stereocenters. The van der Waals surface area contributed by atoms with E-state index in [1.165, 1.54) is 18.0 Å². The molecule has 0 unspecified atom stereocenters. The van der Waals surface area contributed by atoms with Gasteiger partial charge in [-0.2, -0.15) is 0 Å². The van der Waals surface area contributed by atoms with E-state index in [1.54, 1.807) is 0 Å². The van der Waals surface area contributed by atoms with Crippen molar-refractivity contribution in [1.82, 2.24) is 20.2 Å². The van der Waals surface area contributed by atoms with Crippen molar-refractivity contribution in [2.45, 2.75) is 6.92 Å². The summed E-state index contributed by atoms with van der Waals surface area (Å²) in [4.78, 5) is 22.8. The van der Waals surface area contributed by atoms with E-state index in [0.29, 0.717) is 18.1 Å². The molecule has 7 nitrogen and oxygen atoms in total. The van der Waals surface area contributed by atoms with Gasteiger partial charge in [-0.3, -0.25) is 9.69 Å². The molecule has 0 bridgehead atoms. The Balaban J connectivity index is 1.47. The third-order valence-corrected chi connectivity index (χ3v) is 4.04. The predicted molar refractivity (Wildman–Crippen MR) is 96.1 cm³/mol. The summed E-state index contributed by atoms with van der Waals surface area (Å²) in [5, 5.41) is 6.01. The Kier molecular flexibility index (Phi) is 5.92. The molecule has 1 amide bonds. The molecule has 3 rings (SSSR count). The SMILES string of the molecule is Cc1ccc(Nc2ncc(C(=O)NCCN3CCOCC3)cn2)cc1. The summed E-state index contributed by atoms with van der Waals surface area (Å²) in [5.41, 5.74) is 2.56. The Morgan fingerprint density at radius 2 is 1.84 bits per heavy atom. The molecule has 1 fully saturated rings. The molecular formula is C18H23N5O2. The lowest BCUT2D eigenvalue weighted by Gasteiger charge is -2.26. The molecule has 2 aromatic rings. The van der Waals surface area contributed by atoms with Crippen LogP contribution in [0.2, 0.25) is 0 Å². The number of carbonyl (C=O) groups is 1. The number of benzene rings is 1. The van der Waals surface area contributed by atoms with Crippen LogP contribution in [-0.4, -0.2) is 60.2 Å². The van der Waals surface area contributed by atoms with Gasteiger partial charge in [-0.25, -0.2) is 9.97 Å². The van der Waals surface area contributed by atoms with Crippen molar-refractivity contribution in [3.8, 4) is 0 Å². The normalized spacial score (nSPS) is 14.9. The highest BCUT2D eigenvalue weighted by molar-refractivity contribution is 5.93. The fourth-order valence-electron chi connectivity index (χ4n) is 2.53. The van der Waals surface area contributed by atoms with E-state index >= 15 is 0 Å². The number of aryl methyl sites for hydroxylation is 1. The van der Waals surface area contributed by atoms with E-state index in [-0.39, 0.29) is 5.91 Å². The molecule has 2 heterocycles. The maximum Gasteiger partial charge on any atom is 0.254 e. The molecule has 0 spiro atoms. The van der Waals surface area contributed by atoms with Crippen molar-refractivity contribution in [3.05, 3.63) is 47.8 Å². The van der Waals surface area contributed by atoms with E-state index in [1.807, 2.05) is 31.2 Å². The number of anilines is 2. The van der Waals surface area contributed by atoms with Gasteiger partial charge in [0.1, 0.15) is 0 Å². The molecule has 1 aromatic carbocycles. The molecule has 2 N–H and O–H groups in total. The van der Waals surface area contributed by atoms with Crippen LogP contribution in [0.15, 0.2) is 36.7 Å². The van der Waals surface area contributed by atoms with Crippen molar-refractivity contribution in [2.75, 3.05) is 44.7 Å². The summed E-state index contributed by atoms with van der Waals surface area (Å²) in [6, 6.07) is 7.95. The van der Waals surface area contributed by atoms with Gasteiger partial charge < -0.3 is 15.4 Å². The minimum absolute atomic E-state index is 0.157. The van der Waals surface area contributed by atoms with Crippen molar-refractivity contribution in [1.29, 1.82) is 0 Å². The number of nitrogens with one attached hydrogen (secondary N) is 2. The standard InChI is InChI=1S/C18H23N5O2/c1-14-2-4-16(5-3-14)22-18-20-12-15(13-21-18)17(24)19-6-7-23-8-10-25-11-9-23/h2-5,12-13H,6-11H2,1H3,(H,19,24)(H,20,21,22). The van der Waals surface area contributed by atoms with Gasteiger partial charge in [0.25, 0.3) is 5.91 Å². The zero-order valence-electron chi connectivity index (χ0n) is 14.4. The molecule has 1 saturated heterocycles. The lowest BCUT2D eigenvalue weighted by Crippen LogP contribution is -2.41. The number of amides is 1. The number of morpholine rings is 1. The average Bonchev–Trinajstić information content (AvgIpc) is 2.65. The van der Waals surface area contributed by atoms with E-state index in [4.69, 9.17) is 4.74 Å². The Morgan fingerprint density at radius 3 is 2.52 bits per heavy atom. The van der Waals surface area contributed by atoms with Gasteiger partial charge in [-0.05, 0) is 19.1 Å². The van der Waals surface area contributed by atoms with Crippen LogP contribution in [0, 0.1) is 6.92 Å². The van der Waals surface area contributed by atoms with E-state index in [0.717, 1.165) is 38.5 Å². The van der Waals surface area contributed by atoms with Crippen LogP contribution < -0.4 is 10.6 Å². The van der Waals surface area contributed by atoms with Crippen molar-refractivity contribution >= 4 is 17.5 Å². The maximum atomic E-state index is 12.1. The smallest absolute Gasteiger partial charge is 0.254 e. The topological polar surface area (TPSA) is 79.4 Å². The largest absolute Gasteiger partial charge is 0.379 e. The lowest BCUT2D eigenvalue weighted by atomic mass is 10.2. The third-order valence-electron chi connectivity index (χ3n) is 4.04. The molecule has 1 aliphatic rings. The van der Waals surface area contributed by atoms with Gasteiger partial charge >= 0.3 is 0 Å². The van der Waals surface area contributed by atoms with Gasteiger partial charge in [0, 0.05) is 44.3 Å². The number of aromatic nitrogens is 2. The van der Waals surface area contributed by atoms with Crippen LogP contribution in [0.1, 0.15) is 15.9 Å². The molecule has 1 aliphatic heterocycles. The highest BCUT2D eigenvalue weighted by Crippen LogP contribution is 2.13. The second-order valence-electron chi connectivity index (χ2n) is 6.00. The predicted octanol–water partition coefficient (Wildman–Crippen LogP) is 1.59. The molecule has 132 valence electrons. The number of ether oxygens (including phenoxy) is 1. The lowest BCUT2D eigenvalue weighted by molar-refractivity contribution is 0.0383. The van der Waals surface area contributed by atoms with Crippen LogP contribution in [0.5, 0.6) is 0 Å². The van der Waals surface area contributed by atoms with Crippen LogP contribution in [0.3, 0.4) is 0 Å². The summed E-state index contributed by atoms with van der Waals surface area (Å²) in [5.74, 6) is 0.309. The second kappa shape index (κ2) is 8.55. The van der Waals surface area contributed by atoms with E-state index in [2.05, 4.69) is 25.5 Å². The maximum absolute atomic E-state index is 12.1. The summed E-state index contributed by atoms with van der Waals surface area (Å²) < 4.78 is 5.30. The molecule has 7 heteroatoms. The van der Waals surface area contributed by atoms with Crippen molar-refractivity contribution in [2.24, 2.45) is 0 Å². The first-order chi connectivity index (χ1) is 12.2. The zero-order chi connectivity index (χ0) is 17.5. The average molecular weight is 341 g/mol. The van der Waals surface area contributed by atoms with Crippen molar-refractivity contribution < 1.29 is 9.53 Å². The Bertz CT molecular complexity index is 682. The quantitative estimate of drug-likeness (QED) is 0.831. The van der Waals surface area contributed by atoms with Crippen molar-refractivity contribution in [3.63, 3.8) is 0 Å². The first-order valence-electron chi connectivity index (χ1n) is 8.45. The number of nitrogens with zero attached hydrogens (tertiary/aromatic N) is 3. The Labute approximate surface area is 147 Å². The van der Waals surface area contributed by atoms with Gasteiger partial charge in [0.15, 0.2) is 0 Å². The van der Waals surface area contributed by atoms with Gasteiger partial charge in [0.05, 0.1) is 18.8 Å². The summed E-state index contributed by atoms with van der Waals surface area (Å²) >= 11 is 0. The zero-order valence-corrected chi connectivity index (χ0v) is 14.4. The molecule has 0 radical (unpaired) electrons. The van der Waals surface area contributed by atoms with Gasteiger partial charge in [-0.15, -0.1) is 0 Å². The number of hydrogen-bond acceptors (Lipinski definition) is 6. The molecule has 0 saturated carbocycles. The van der Waals surface area contributed by atoms with Gasteiger partial charge in [-0.1, -0.05) is 17.7 Å². The van der Waals surface area contributed by atoms with Crippen LogP contribution in [0.25, 0.3) is 0 Å². The first kappa shape index (κ1) is 17.3. The highest BCUT2D eigenvalue weighted by Gasteiger charge is 2.11. The van der Waals surface area contributed by atoms with E-state index < -0.39 is 0 Å². The fourth-order valence-corrected chi connectivity index (χ4v) is 2.53. The third kappa shape index (κ3) is 5.23. The van der Waals surface area contributed by atoms with E-state index in [9.17, 15) is 4.79 Å². The van der Waals surface area contributed by atoms with Crippen LogP contribution in [-0.2, 0) is 4.74 Å². The number of carbonyl (C=O) groups excluding carboxylic acids is 1. The monoisotopic (exact) mass is 341 g/mol. The van der Waals surface area contributed by atoms with Crippen LogP contribution >= 0.6 is 0 Å². The minimum atomic E-state index is -0.157. The fraction of sp³-hybridized carbons (Fsp3) is 0.389. The first-order valence-corrected chi connectivity index (χ1v) is 8.45. The summed E-state index contributed by atoms with van der Waals surface area (Å²) in [7, 11) is 0. The molecular weight excluding hydrogens is 318 g/mol. The van der Waals surface area contributed by atoms with Crippen LogP contribution in [0.4, 0.5) is 11.6 Å². The Morgan fingerprint density at radius 1 is 1.16 bits per heavy atom. The number of rotatable bonds is 6. The second-order valence-corrected chi connectivity index (χ2v) is 6.00. The number of hydrogen-bond donors (Lipinski definition) is 2. The summed E-state index contributed by atoms with van der Waals surface area (Å²) in [6.07, 6.45) is 3.07. The molecule has 0 aliphatic carbocycles. The molecule has 1 aromatic heterocycles. The minimum Gasteiger partial charge on any atom is -0.379 e. The molecule has 25 heavy (non-hydrogen) atoms. The summed E-state index contributed by atoms with van der Waals surface area (Å²) in [6.45, 7) is 6.81. The Hall–Kier alpha value is -2.51. The van der Waals surface area contributed by atoms with Gasteiger partial charge in [0.2, 0.25) is 5.95 Å².